The van der Waals surface area contributed by atoms with E-state index in [0.717, 1.165) is 12.8 Å². The van der Waals surface area contributed by atoms with Gasteiger partial charge in [0.2, 0.25) is 5.91 Å². The third-order valence-corrected chi connectivity index (χ3v) is 3.19. The van der Waals surface area contributed by atoms with E-state index in [9.17, 15) is 9.59 Å². The Morgan fingerprint density at radius 1 is 1.22 bits per heavy atom. The van der Waals surface area contributed by atoms with Crippen LogP contribution in [0.15, 0.2) is 0 Å². The quantitative estimate of drug-likeness (QED) is 0.568. The molecule has 0 radical (unpaired) electrons. The standard InChI is InChI=1S/C12H22N2O4/c13-12(5-8-18-9-6-12)11(17)14-7-3-1-2-4-10(15)16/h1-9,13H2,(H,14,17)(H,15,16). The molecule has 18 heavy (non-hydrogen) atoms. The first-order valence-corrected chi connectivity index (χ1v) is 6.41. The summed E-state index contributed by atoms with van der Waals surface area (Å²) in [5.74, 6) is -0.897. The van der Waals surface area contributed by atoms with Crippen LogP contribution in [0.25, 0.3) is 0 Å². The van der Waals surface area contributed by atoms with E-state index in [4.69, 9.17) is 15.6 Å². The van der Waals surface area contributed by atoms with Crippen molar-refractivity contribution in [1.82, 2.24) is 5.32 Å². The summed E-state index contributed by atoms with van der Waals surface area (Å²) in [6.45, 7) is 1.61. The fourth-order valence-electron chi connectivity index (χ4n) is 1.92. The molecule has 104 valence electrons. The number of carboxylic acids is 1. The summed E-state index contributed by atoms with van der Waals surface area (Å²) < 4.78 is 5.18. The molecule has 0 unspecified atom stereocenters. The van der Waals surface area contributed by atoms with Crippen molar-refractivity contribution in [2.45, 2.75) is 44.1 Å². The van der Waals surface area contributed by atoms with Crippen LogP contribution in [0.5, 0.6) is 0 Å². The molecule has 0 spiro atoms. The monoisotopic (exact) mass is 258 g/mol. The summed E-state index contributed by atoms with van der Waals surface area (Å²) in [4.78, 5) is 22.2. The van der Waals surface area contributed by atoms with Crippen LogP contribution < -0.4 is 11.1 Å². The predicted molar refractivity (Wildman–Crippen MR) is 66.1 cm³/mol. The van der Waals surface area contributed by atoms with Gasteiger partial charge in [0.15, 0.2) is 0 Å². The molecule has 1 saturated heterocycles. The Morgan fingerprint density at radius 2 is 1.89 bits per heavy atom. The van der Waals surface area contributed by atoms with Crippen molar-refractivity contribution in [2.24, 2.45) is 5.73 Å². The Labute approximate surface area is 107 Å². The lowest BCUT2D eigenvalue weighted by Gasteiger charge is -2.31. The number of hydrogen-bond acceptors (Lipinski definition) is 4. The molecule has 0 aromatic carbocycles. The molecule has 0 aromatic heterocycles. The van der Waals surface area contributed by atoms with Gasteiger partial charge in [0, 0.05) is 26.2 Å². The van der Waals surface area contributed by atoms with Crippen molar-refractivity contribution < 1.29 is 19.4 Å². The van der Waals surface area contributed by atoms with Crippen LogP contribution >= 0.6 is 0 Å². The molecule has 1 rings (SSSR count). The van der Waals surface area contributed by atoms with Crippen LogP contribution in [0.3, 0.4) is 0 Å². The van der Waals surface area contributed by atoms with Crippen molar-refractivity contribution in [3.05, 3.63) is 0 Å². The smallest absolute Gasteiger partial charge is 0.303 e. The summed E-state index contributed by atoms with van der Waals surface area (Å²) in [5.41, 5.74) is 5.22. The fraction of sp³-hybridized carbons (Fsp3) is 0.833. The molecule has 1 aliphatic heterocycles. The van der Waals surface area contributed by atoms with Gasteiger partial charge in [0.25, 0.3) is 0 Å². The summed E-state index contributed by atoms with van der Waals surface area (Å²) in [6.07, 6.45) is 3.52. The zero-order valence-electron chi connectivity index (χ0n) is 10.6. The second-order valence-corrected chi connectivity index (χ2v) is 4.73. The lowest BCUT2D eigenvalue weighted by atomic mass is 9.90. The minimum Gasteiger partial charge on any atom is -0.481 e. The number of hydrogen-bond donors (Lipinski definition) is 3. The topological polar surface area (TPSA) is 102 Å². The van der Waals surface area contributed by atoms with Crippen molar-refractivity contribution in [2.75, 3.05) is 19.8 Å². The zero-order chi connectivity index (χ0) is 13.4. The van der Waals surface area contributed by atoms with Crippen LogP contribution in [0, 0.1) is 0 Å². The van der Waals surface area contributed by atoms with Crippen LogP contribution in [-0.2, 0) is 14.3 Å². The zero-order valence-corrected chi connectivity index (χ0v) is 10.6. The van der Waals surface area contributed by atoms with Gasteiger partial charge in [-0.2, -0.15) is 0 Å². The average molecular weight is 258 g/mol. The van der Waals surface area contributed by atoms with Crippen molar-refractivity contribution in [3.8, 4) is 0 Å². The van der Waals surface area contributed by atoms with Crippen molar-refractivity contribution in [1.29, 1.82) is 0 Å². The number of nitrogens with one attached hydrogen (secondary N) is 1. The van der Waals surface area contributed by atoms with Gasteiger partial charge >= 0.3 is 5.97 Å². The number of nitrogens with two attached hydrogens (primary N) is 1. The van der Waals surface area contributed by atoms with E-state index in [-0.39, 0.29) is 12.3 Å². The average Bonchev–Trinajstić information content (AvgIpc) is 2.34. The fourth-order valence-corrected chi connectivity index (χ4v) is 1.92. The van der Waals surface area contributed by atoms with E-state index in [1.54, 1.807) is 0 Å². The SMILES string of the molecule is NC1(C(=O)NCCCCCC(=O)O)CCOCC1. The van der Waals surface area contributed by atoms with E-state index in [1.807, 2.05) is 0 Å². The molecule has 6 heteroatoms. The molecule has 0 atom stereocenters. The predicted octanol–water partition coefficient (Wildman–Crippen LogP) is 0.255. The molecular weight excluding hydrogens is 236 g/mol. The van der Waals surface area contributed by atoms with Crippen LogP contribution in [0.1, 0.15) is 38.5 Å². The van der Waals surface area contributed by atoms with E-state index in [1.165, 1.54) is 0 Å². The Balaban J connectivity index is 2.11. The van der Waals surface area contributed by atoms with E-state index in [0.29, 0.717) is 39.0 Å². The van der Waals surface area contributed by atoms with E-state index in [2.05, 4.69) is 5.32 Å². The second-order valence-electron chi connectivity index (χ2n) is 4.73. The number of unbranched alkanes of at least 4 members (excludes halogenated alkanes) is 2. The highest BCUT2D eigenvalue weighted by Gasteiger charge is 2.35. The first-order valence-electron chi connectivity index (χ1n) is 6.41. The second kappa shape index (κ2) is 7.33. The highest BCUT2D eigenvalue weighted by molar-refractivity contribution is 5.86. The molecule has 4 N–H and O–H groups in total. The highest BCUT2D eigenvalue weighted by Crippen LogP contribution is 2.17. The summed E-state index contributed by atoms with van der Waals surface area (Å²) in [5, 5.41) is 11.3. The summed E-state index contributed by atoms with van der Waals surface area (Å²) >= 11 is 0. The Hall–Kier alpha value is -1.14. The maximum Gasteiger partial charge on any atom is 0.303 e. The first-order chi connectivity index (χ1) is 8.54. The Kier molecular flexibility index (Phi) is 6.07. The van der Waals surface area contributed by atoms with Gasteiger partial charge in [-0.25, -0.2) is 0 Å². The van der Waals surface area contributed by atoms with Gasteiger partial charge in [-0.3, -0.25) is 9.59 Å². The van der Waals surface area contributed by atoms with Crippen LogP contribution in [-0.4, -0.2) is 42.3 Å². The van der Waals surface area contributed by atoms with Crippen LogP contribution in [0.2, 0.25) is 0 Å². The number of rotatable bonds is 7. The highest BCUT2D eigenvalue weighted by atomic mass is 16.5. The van der Waals surface area contributed by atoms with E-state index >= 15 is 0 Å². The van der Waals surface area contributed by atoms with Gasteiger partial charge in [-0.15, -0.1) is 0 Å². The van der Waals surface area contributed by atoms with Gasteiger partial charge in [-0.05, 0) is 25.7 Å². The molecule has 1 fully saturated rings. The van der Waals surface area contributed by atoms with Crippen molar-refractivity contribution >= 4 is 11.9 Å². The molecule has 0 aliphatic carbocycles. The maximum atomic E-state index is 11.9. The van der Waals surface area contributed by atoms with Gasteiger partial charge in [0.1, 0.15) is 0 Å². The molecule has 0 bridgehead atoms. The molecule has 0 aromatic rings. The molecule has 1 aliphatic rings. The number of amides is 1. The lowest BCUT2D eigenvalue weighted by molar-refractivity contribution is -0.137. The number of aliphatic carboxylic acids is 1. The summed E-state index contributed by atoms with van der Waals surface area (Å²) in [7, 11) is 0. The molecule has 1 heterocycles. The molecule has 1 amide bonds. The third kappa shape index (κ3) is 5.01. The number of ether oxygens (including phenoxy) is 1. The Morgan fingerprint density at radius 3 is 2.50 bits per heavy atom. The molecule has 0 saturated carbocycles. The number of carbonyl (C=O) groups is 2. The number of carbonyl (C=O) groups excluding carboxylic acids is 1. The minimum atomic E-state index is -0.792. The minimum absolute atomic E-state index is 0.121. The molecular formula is C12H22N2O4. The third-order valence-electron chi connectivity index (χ3n) is 3.19. The number of carboxylic acid groups (broad SMARTS) is 1. The van der Waals surface area contributed by atoms with Gasteiger partial charge in [0.05, 0.1) is 5.54 Å². The van der Waals surface area contributed by atoms with Crippen LogP contribution in [0.4, 0.5) is 0 Å². The van der Waals surface area contributed by atoms with E-state index < -0.39 is 11.5 Å². The first kappa shape index (κ1) is 14.9. The largest absolute Gasteiger partial charge is 0.481 e. The maximum absolute atomic E-state index is 11.9. The van der Waals surface area contributed by atoms with Gasteiger partial charge in [-0.1, -0.05) is 6.42 Å². The lowest BCUT2D eigenvalue weighted by Crippen LogP contribution is -2.57. The Bertz CT molecular complexity index is 288. The van der Waals surface area contributed by atoms with Crippen molar-refractivity contribution in [3.63, 3.8) is 0 Å². The molecule has 6 nitrogen and oxygen atoms in total. The normalized spacial score (nSPS) is 18.3. The van der Waals surface area contributed by atoms with Gasteiger partial charge < -0.3 is 20.9 Å². The summed E-state index contributed by atoms with van der Waals surface area (Å²) in [6, 6.07) is 0.